The molecule has 0 bridgehead atoms. The van der Waals surface area contributed by atoms with E-state index in [1.807, 2.05) is 0 Å². The van der Waals surface area contributed by atoms with Crippen LogP contribution in [-0.4, -0.2) is 57.8 Å². The number of H-pyrrole nitrogens is 1. The summed E-state index contributed by atoms with van der Waals surface area (Å²) >= 11 is 0. The number of ether oxygens (including phenoxy) is 2. The number of fused-ring (bicyclic) bond motifs is 2. The van der Waals surface area contributed by atoms with Crippen LogP contribution in [0.25, 0.3) is 11.0 Å². The summed E-state index contributed by atoms with van der Waals surface area (Å²) in [5, 5.41) is 3.57. The first-order valence-corrected chi connectivity index (χ1v) is 10.8. The average molecular weight is 463 g/mol. The summed E-state index contributed by atoms with van der Waals surface area (Å²) in [6.07, 6.45) is -1.30. The third kappa shape index (κ3) is 3.68. The highest BCUT2D eigenvalue weighted by atomic mass is 19.4. The molecule has 174 valence electrons. The molecule has 1 aliphatic carbocycles. The predicted octanol–water partition coefficient (Wildman–Crippen LogP) is 3.89. The van der Waals surface area contributed by atoms with Gasteiger partial charge in [-0.3, -0.25) is 4.90 Å². The molecule has 6 rings (SSSR count). The Bertz CT molecular complexity index is 1210. The maximum Gasteiger partial charge on any atom is 0.431 e. The normalized spacial score (nSPS) is 24.5. The molecule has 2 aromatic heterocycles. The number of nitrogens with zero attached hydrogens (tertiary/aromatic N) is 3. The van der Waals surface area contributed by atoms with Crippen LogP contribution in [0.2, 0.25) is 0 Å². The molecule has 1 spiro atoms. The van der Waals surface area contributed by atoms with Crippen molar-refractivity contribution < 1.29 is 27.0 Å². The number of anilines is 1. The van der Waals surface area contributed by atoms with Crippen molar-refractivity contribution in [3.63, 3.8) is 0 Å². The van der Waals surface area contributed by atoms with E-state index in [-0.39, 0.29) is 34.5 Å². The number of rotatable bonds is 3. The minimum Gasteiger partial charge on any atom is -0.491 e. The van der Waals surface area contributed by atoms with E-state index < -0.39 is 17.7 Å². The van der Waals surface area contributed by atoms with Crippen LogP contribution in [0.5, 0.6) is 5.75 Å². The standard InChI is InChI=1S/C22H21F4N5O2/c23-12-1-2-13-16(7-12)32-9-15(31-5-6-33-21(10-31)3-4-21)18(13)30-20-14-8-17(22(24,25)26)29-19(14)27-11-28-20/h1-2,7-8,11,15,18H,3-6,9-10H2,(H2,27,28,29,30). The molecule has 1 aromatic carbocycles. The Morgan fingerprint density at radius 2 is 2.03 bits per heavy atom. The van der Waals surface area contributed by atoms with Crippen LogP contribution in [-0.2, 0) is 10.9 Å². The fourth-order valence-corrected chi connectivity index (χ4v) is 4.81. The van der Waals surface area contributed by atoms with E-state index in [0.29, 0.717) is 25.5 Å². The van der Waals surface area contributed by atoms with E-state index in [1.165, 1.54) is 18.5 Å². The molecule has 1 saturated carbocycles. The molecule has 4 heterocycles. The van der Waals surface area contributed by atoms with Crippen molar-refractivity contribution in [2.45, 2.75) is 36.7 Å². The first kappa shape index (κ1) is 20.7. The smallest absolute Gasteiger partial charge is 0.431 e. The summed E-state index contributed by atoms with van der Waals surface area (Å²) in [6.45, 7) is 2.35. The van der Waals surface area contributed by atoms with Crippen LogP contribution in [0.1, 0.15) is 30.1 Å². The lowest BCUT2D eigenvalue weighted by molar-refractivity contribution is -0.140. The molecule has 2 fully saturated rings. The zero-order valence-corrected chi connectivity index (χ0v) is 17.5. The molecular weight excluding hydrogens is 442 g/mol. The molecule has 2 aliphatic heterocycles. The van der Waals surface area contributed by atoms with Gasteiger partial charge in [-0.2, -0.15) is 13.2 Å². The van der Waals surface area contributed by atoms with Crippen molar-refractivity contribution in [3.05, 3.63) is 47.7 Å². The van der Waals surface area contributed by atoms with E-state index in [0.717, 1.165) is 31.0 Å². The van der Waals surface area contributed by atoms with Crippen LogP contribution in [0.15, 0.2) is 30.6 Å². The number of aromatic nitrogens is 3. The SMILES string of the molecule is Fc1ccc2c(c1)OCC(N1CCOC3(CC3)C1)C2Nc1ncnc2[nH]c(C(F)(F)F)cc12. The van der Waals surface area contributed by atoms with Crippen LogP contribution in [0.4, 0.5) is 23.4 Å². The Balaban J connectivity index is 1.39. The van der Waals surface area contributed by atoms with Gasteiger partial charge in [0.15, 0.2) is 0 Å². The van der Waals surface area contributed by atoms with Crippen molar-refractivity contribution in [1.82, 2.24) is 19.9 Å². The van der Waals surface area contributed by atoms with Gasteiger partial charge in [0, 0.05) is 24.7 Å². The Hall–Kier alpha value is -2.92. The van der Waals surface area contributed by atoms with Gasteiger partial charge in [0.2, 0.25) is 0 Å². The molecule has 3 aliphatic rings. The van der Waals surface area contributed by atoms with Gasteiger partial charge < -0.3 is 19.8 Å². The van der Waals surface area contributed by atoms with Gasteiger partial charge in [-0.25, -0.2) is 14.4 Å². The first-order valence-electron chi connectivity index (χ1n) is 10.8. The summed E-state index contributed by atoms with van der Waals surface area (Å²) in [6, 6.07) is 4.81. The van der Waals surface area contributed by atoms with E-state index in [4.69, 9.17) is 9.47 Å². The van der Waals surface area contributed by atoms with Gasteiger partial charge in [-0.1, -0.05) is 6.07 Å². The van der Waals surface area contributed by atoms with Gasteiger partial charge in [-0.15, -0.1) is 0 Å². The fourth-order valence-electron chi connectivity index (χ4n) is 4.81. The molecule has 2 unspecified atom stereocenters. The van der Waals surface area contributed by atoms with E-state index >= 15 is 0 Å². The van der Waals surface area contributed by atoms with Crippen LogP contribution in [0.3, 0.4) is 0 Å². The molecule has 0 radical (unpaired) electrons. The lowest BCUT2D eigenvalue weighted by atomic mass is 9.94. The predicted molar refractivity (Wildman–Crippen MR) is 110 cm³/mol. The average Bonchev–Trinajstić information content (AvgIpc) is 3.34. The quantitative estimate of drug-likeness (QED) is 0.574. The van der Waals surface area contributed by atoms with Gasteiger partial charge in [0.1, 0.15) is 41.7 Å². The second-order valence-corrected chi connectivity index (χ2v) is 8.85. The van der Waals surface area contributed by atoms with Crippen molar-refractivity contribution >= 4 is 16.9 Å². The summed E-state index contributed by atoms with van der Waals surface area (Å²) < 4.78 is 65.5. The number of hydrogen-bond acceptors (Lipinski definition) is 6. The topological polar surface area (TPSA) is 75.3 Å². The highest BCUT2D eigenvalue weighted by Gasteiger charge is 2.50. The second kappa shape index (κ2) is 7.29. The van der Waals surface area contributed by atoms with E-state index in [2.05, 4.69) is 25.2 Å². The number of aromatic amines is 1. The van der Waals surface area contributed by atoms with Crippen molar-refractivity contribution in [2.75, 3.05) is 31.6 Å². The number of nitrogens with one attached hydrogen (secondary N) is 2. The molecule has 2 atom stereocenters. The Labute approximate surface area is 186 Å². The lowest BCUT2D eigenvalue weighted by Gasteiger charge is -2.44. The summed E-state index contributed by atoms with van der Waals surface area (Å²) in [4.78, 5) is 12.8. The van der Waals surface area contributed by atoms with Crippen molar-refractivity contribution in [3.8, 4) is 5.75 Å². The molecule has 7 nitrogen and oxygen atoms in total. The summed E-state index contributed by atoms with van der Waals surface area (Å²) in [5.41, 5.74) is -0.194. The Morgan fingerprint density at radius 3 is 2.82 bits per heavy atom. The highest BCUT2D eigenvalue weighted by molar-refractivity contribution is 5.88. The van der Waals surface area contributed by atoms with Gasteiger partial charge in [0.25, 0.3) is 0 Å². The minimum atomic E-state index is -4.53. The third-order valence-corrected chi connectivity index (χ3v) is 6.68. The van der Waals surface area contributed by atoms with Crippen LogP contribution >= 0.6 is 0 Å². The van der Waals surface area contributed by atoms with Gasteiger partial charge >= 0.3 is 6.18 Å². The van der Waals surface area contributed by atoms with Crippen molar-refractivity contribution in [2.24, 2.45) is 0 Å². The Kier molecular flexibility index (Phi) is 4.57. The molecule has 0 amide bonds. The van der Waals surface area contributed by atoms with E-state index in [9.17, 15) is 17.6 Å². The number of hydrogen-bond donors (Lipinski definition) is 2. The second-order valence-electron chi connectivity index (χ2n) is 8.85. The van der Waals surface area contributed by atoms with Crippen LogP contribution in [0, 0.1) is 5.82 Å². The maximum atomic E-state index is 13.9. The lowest BCUT2D eigenvalue weighted by Crippen LogP contribution is -2.55. The third-order valence-electron chi connectivity index (χ3n) is 6.68. The molecule has 3 aromatic rings. The largest absolute Gasteiger partial charge is 0.491 e. The number of morpholine rings is 1. The van der Waals surface area contributed by atoms with Crippen molar-refractivity contribution in [1.29, 1.82) is 0 Å². The van der Waals surface area contributed by atoms with Gasteiger partial charge in [0.05, 0.1) is 29.7 Å². The number of alkyl halides is 3. The zero-order valence-electron chi connectivity index (χ0n) is 17.5. The minimum absolute atomic E-state index is 0.0890. The molecule has 11 heteroatoms. The summed E-state index contributed by atoms with van der Waals surface area (Å²) in [7, 11) is 0. The fraction of sp³-hybridized carbons (Fsp3) is 0.455. The number of halogens is 4. The van der Waals surface area contributed by atoms with Crippen LogP contribution < -0.4 is 10.1 Å². The monoisotopic (exact) mass is 463 g/mol. The number of benzene rings is 1. The first-order chi connectivity index (χ1) is 15.8. The molecular formula is C22H21F4N5O2. The molecule has 2 N–H and O–H groups in total. The van der Waals surface area contributed by atoms with E-state index in [1.54, 1.807) is 6.07 Å². The molecule has 1 saturated heterocycles. The maximum absolute atomic E-state index is 13.9. The highest BCUT2D eigenvalue weighted by Crippen LogP contribution is 2.45. The van der Waals surface area contributed by atoms with Gasteiger partial charge in [-0.05, 0) is 25.0 Å². The summed E-state index contributed by atoms with van der Waals surface area (Å²) in [5.74, 6) is 0.265. The zero-order chi connectivity index (χ0) is 22.8. The Morgan fingerprint density at radius 1 is 1.18 bits per heavy atom. The molecule has 33 heavy (non-hydrogen) atoms.